The number of hydrogen-bond acceptors (Lipinski definition) is 7. The van der Waals surface area contributed by atoms with Gasteiger partial charge in [0.05, 0.1) is 25.4 Å². The molecule has 11 heteroatoms. The Morgan fingerprint density at radius 2 is 1.77 bits per heavy atom. The number of halogens is 4. The standard InChI is InChI=1S/C24H27ClF3NO6/c1-4-31-14-19(15-32-5-2)34-18-9-7-16(8-10-22(30)33-6-3)21(12-18)35-23-20(25)11-17(13-29-23)24(26,27)28/h7-13,19H,4-6,14-15H2,1-3H3/b10-8+. The molecule has 35 heavy (non-hydrogen) atoms. The molecule has 0 saturated heterocycles. The van der Waals surface area contributed by atoms with Gasteiger partial charge in [0.1, 0.15) is 22.6 Å². The number of rotatable bonds is 13. The fourth-order valence-electron chi connectivity index (χ4n) is 2.73. The summed E-state index contributed by atoms with van der Waals surface area (Å²) >= 11 is 6.00. The summed E-state index contributed by atoms with van der Waals surface area (Å²) in [6.07, 6.45) is -1.77. The van der Waals surface area contributed by atoms with Crippen LogP contribution in [0.1, 0.15) is 31.9 Å². The van der Waals surface area contributed by atoms with E-state index in [0.717, 1.165) is 6.07 Å². The Morgan fingerprint density at radius 1 is 1.09 bits per heavy atom. The molecule has 0 fully saturated rings. The Hall–Kier alpha value is -2.82. The lowest BCUT2D eigenvalue weighted by Gasteiger charge is -2.20. The van der Waals surface area contributed by atoms with E-state index in [1.807, 2.05) is 13.8 Å². The molecular weight excluding hydrogens is 491 g/mol. The highest BCUT2D eigenvalue weighted by Gasteiger charge is 2.32. The maximum absolute atomic E-state index is 13.0. The zero-order chi connectivity index (χ0) is 25.8. The quantitative estimate of drug-likeness (QED) is 0.240. The van der Waals surface area contributed by atoms with Gasteiger partial charge in [-0.25, -0.2) is 9.78 Å². The van der Waals surface area contributed by atoms with Crippen LogP contribution in [0.4, 0.5) is 13.2 Å². The van der Waals surface area contributed by atoms with Crippen molar-refractivity contribution in [3.8, 4) is 17.4 Å². The molecule has 0 aliphatic carbocycles. The van der Waals surface area contributed by atoms with Gasteiger partial charge in [0, 0.05) is 37.1 Å². The summed E-state index contributed by atoms with van der Waals surface area (Å²) in [5.41, 5.74) is -0.599. The van der Waals surface area contributed by atoms with Crippen molar-refractivity contribution in [2.45, 2.75) is 33.1 Å². The zero-order valence-electron chi connectivity index (χ0n) is 19.6. The van der Waals surface area contributed by atoms with Crippen molar-refractivity contribution in [1.29, 1.82) is 0 Å². The summed E-state index contributed by atoms with van der Waals surface area (Å²) < 4.78 is 66.3. The monoisotopic (exact) mass is 517 g/mol. The molecule has 0 aliphatic rings. The van der Waals surface area contributed by atoms with Crippen molar-refractivity contribution in [2.75, 3.05) is 33.0 Å². The number of carbonyl (C=O) groups excluding carboxylic acids is 1. The minimum atomic E-state index is -4.60. The van der Waals surface area contributed by atoms with E-state index in [1.54, 1.807) is 19.1 Å². The van der Waals surface area contributed by atoms with Gasteiger partial charge in [-0.15, -0.1) is 0 Å². The van der Waals surface area contributed by atoms with E-state index in [9.17, 15) is 18.0 Å². The van der Waals surface area contributed by atoms with Crippen molar-refractivity contribution in [3.05, 3.63) is 52.7 Å². The summed E-state index contributed by atoms with van der Waals surface area (Å²) in [6.45, 7) is 7.14. The van der Waals surface area contributed by atoms with Crippen LogP contribution in [0.5, 0.6) is 17.4 Å². The predicted molar refractivity (Wildman–Crippen MR) is 124 cm³/mol. The van der Waals surface area contributed by atoms with Crippen molar-refractivity contribution in [3.63, 3.8) is 0 Å². The summed E-state index contributed by atoms with van der Waals surface area (Å²) in [6, 6.07) is 5.48. The zero-order valence-corrected chi connectivity index (χ0v) is 20.3. The second kappa shape index (κ2) is 13.9. The largest absolute Gasteiger partial charge is 0.485 e. The SMILES string of the molecule is CCOCC(COCC)Oc1ccc(/C=C/C(=O)OCC)c(Oc2ncc(C(F)(F)F)cc2Cl)c1. The molecule has 2 rings (SSSR count). The third-order valence-corrected chi connectivity index (χ3v) is 4.60. The smallest absolute Gasteiger partial charge is 0.417 e. The normalized spacial score (nSPS) is 11.8. The second-order valence-corrected chi connectivity index (χ2v) is 7.36. The summed E-state index contributed by atoms with van der Waals surface area (Å²) in [4.78, 5) is 15.4. The van der Waals surface area contributed by atoms with E-state index in [0.29, 0.717) is 30.7 Å². The summed E-state index contributed by atoms with van der Waals surface area (Å²) in [5, 5.41) is -0.336. The number of benzene rings is 1. The van der Waals surface area contributed by atoms with Crippen LogP contribution in [-0.4, -0.2) is 50.1 Å². The molecule has 0 aliphatic heterocycles. The molecule has 1 aromatic heterocycles. The fourth-order valence-corrected chi connectivity index (χ4v) is 2.93. The highest BCUT2D eigenvalue weighted by molar-refractivity contribution is 6.31. The number of carbonyl (C=O) groups is 1. The van der Waals surface area contributed by atoms with Gasteiger partial charge >= 0.3 is 12.1 Å². The van der Waals surface area contributed by atoms with Crippen LogP contribution in [0.15, 0.2) is 36.5 Å². The maximum Gasteiger partial charge on any atom is 0.417 e. The van der Waals surface area contributed by atoms with Gasteiger partial charge in [-0.1, -0.05) is 11.6 Å². The third-order valence-electron chi connectivity index (χ3n) is 4.33. The molecule has 192 valence electrons. The molecule has 0 spiro atoms. The lowest BCUT2D eigenvalue weighted by molar-refractivity contribution is -0.138. The van der Waals surface area contributed by atoms with Crippen LogP contribution in [0.2, 0.25) is 5.02 Å². The predicted octanol–water partition coefficient (Wildman–Crippen LogP) is 5.94. The molecule has 0 N–H and O–H groups in total. The minimum Gasteiger partial charge on any atom is -0.485 e. The molecule has 7 nitrogen and oxygen atoms in total. The molecule has 0 amide bonds. The van der Waals surface area contributed by atoms with Crippen LogP contribution < -0.4 is 9.47 Å². The van der Waals surface area contributed by atoms with Crippen LogP contribution in [0, 0.1) is 0 Å². The van der Waals surface area contributed by atoms with Gasteiger partial charge in [-0.2, -0.15) is 13.2 Å². The van der Waals surface area contributed by atoms with Gasteiger partial charge in [-0.3, -0.25) is 0 Å². The Labute approximate surface area is 206 Å². The van der Waals surface area contributed by atoms with Gasteiger partial charge in [0.2, 0.25) is 5.88 Å². The summed E-state index contributed by atoms with van der Waals surface area (Å²) in [7, 11) is 0. The van der Waals surface area contributed by atoms with Gasteiger partial charge < -0.3 is 23.7 Å². The Balaban J connectivity index is 2.37. The first kappa shape index (κ1) is 28.4. The number of alkyl halides is 3. The topological polar surface area (TPSA) is 76.1 Å². The van der Waals surface area contributed by atoms with E-state index < -0.39 is 23.8 Å². The highest BCUT2D eigenvalue weighted by Crippen LogP contribution is 2.36. The number of ether oxygens (including phenoxy) is 5. The molecular formula is C24H27ClF3NO6. The van der Waals surface area contributed by atoms with Crippen LogP contribution in [-0.2, 0) is 25.2 Å². The van der Waals surface area contributed by atoms with E-state index >= 15 is 0 Å². The van der Waals surface area contributed by atoms with E-state index in [4.69, 9.17) is 35.3 Å². The Morgan fingerprint density at radius 3 is 2.34 bits per heavy atom. The van der Waals surface area contributed by atoms with Crippen LogP contribution >= 0.6 is 11.6 Å². The first-order chi connectivity index (χ1) is 16.7. The average molecular weight is 518 g/mol. The van der Waals surface area contributed by atoms with E-state index in [-0.39, 0.29) is 36.5 Å². The molecule has 0 saturated carbocycles. The van der Waals surface area contributed by atoms with Crippen LogP contribution in [0.25, 0.3) is 6.08 Å². The second-order valence-electron chi connectivity index (χ2n) is 6.95. The molecule has 0 bridgehead atoms. The highest BCUT2D eigenvalue weighted by atomic mass is 35.5. The Bertz CT molecular complexity index is 992. The van der Waals surface area contributed by atoms with Crippen molar-refractivity contribution in [1.82, 2.24) is 4.98 Å². The van der Waals surface area contributed by atoms with Crippen molar-refractivity contribution in [2.24, 2.45) is 0 Å². The first-order valence-electron chi connectivity index (χ1n) is 10.9. The molecule has 2 aromatic rings. The van der Waals surface area contributed by atoms with Gasteiger partial charge in [0.25, 0.3) is 0 Å². The van der Waals surface area contributed by atoms with Gasteiger partial charge in [-0.05, 0) is 45.0 Å². The average Bonchev–Trinajstić information content (AvgIpc) is 2.81. The maximum atomic E-state index is 13.0. The number of pyridine rings is 1. The van der Waals surface area contributed by atoms with Gasteiger partial charge in [0.15, 0.2) is 0 Å². The van der Waals surface area contributed by atoms with E-state index in [1.165, 1.54) is 18.2 Å². The number of nitrogens with zero attached hydrogens (tertiary/aromatic N) is 1. The van der Waals surface area contributed by atoms with Crippen LogP contribution in [0.3, 0.4) is 0 Å². The summed E-state index contributed by atoms with van der Waals surface area (Å²) in [5.74, 6) is -0.301. The lowest BCUT2D eigenvalue weighted by Crippen LogP contribution is -2.28. The molecule has 0 radical (unpaired) electrons. The molecule has 1 heterocycles. The Kier molecular flexibility index (Phi) is 11.3. The molecule has 0 atom stereocenters. The first-order valence-corrected chi connectivity index (χ1v) is 11.3. The van der Waals surface area contributed by atoms with Crippen molar-refractivity contribution < 1.29 is 41.7 Å². The number of esters is 1. The third kappa shape index (κ3) is 9.39. The molecule has 1 aromatic carbocycles. The number of hydrogen-bond donors (Lipinski definition) is 0. The number of aromatic nitrogens is 1. The minimum absolute atomic E-state index is 0.142. The molecule has 0 unspecified atom stereocenters. The van der Waals surface area contributed by atoms with E-state index in [2.05, 4.69) is 4.98 Å². The lowest BCUT2D eigenvalue weighted by atomic mass is 10.1. The van der Waals surface area contributed by atoms with Crippen molar-refractivity contribution >= 4 is 23.6 Å². The fraction of sp³-hybridized carbons (Fsp3) is 0.417.